The van der Waals surface area contributed by atoms with Gasteiger partial charge in [-0.05, 0) is 69.9 Å². The van der Waals surface area contributed by atoms with Gasteiger partial charge in [-0.25, -0.2) is 8.42 Å². The highest BCUT2D eigenvalue weighted by atomic mass is 32.2. The first-order valence-electron chi connectivity index (χ1n) is 13.2. The van der Waals surface area contributed by atoms with E-state index in [2.05, 4.69) is 22.2 Å². The number of carbonyl (C=O) groups is 2. The topological polar surface area (TPSA) is 143 Å². The van der Waals surface area contributed by atoms with Crippen LogP contribution in [0.25, 0.3) is 0 Å². The number of hydrogen-bond acceptors (Lipinski definition) is 9. The largest absolute Gasteiger partial charge is 0.482 e. The van der Waals surface area contributed by atoms with Gasteiger partial charge in [0.05, 0.1) is 17.7 Å². The van der Waals surface area contributed by atoms with Crippen molar-refractivity contribution in [3.8, 4) is 0 Å². The lowest BCUT2D eigenvalue weighted by Crippen LogP contribution is -2.57. The molecule has 216 valence electrons. The van der Waals surface area contributed by atoms with Crippen molar-refractivity contribution in [2.45, 2.75) is 63.4 Å². The van der Waals surface area contributed by atoms with Gasteiger partial charge in [0.1, 0.15) is 12.3 Å². The van der Waals surface area contributed by atoms with Crippen molar-refractivity contribution in [2.24, 2.45) is 10.7 Å². The smallest absolute Gasteiger partial charge is 0.218 e. The molecule has 0 amide bonds. The molecule has 4 N–H and O–H groups in total. The monoisotopic (exact) mass is 569 g/mol. The van der Waals surface area contributed by atoms with E-state index in [1.165, 1.54) is 6.21 Å². The van der Waals surface area contributed by atoms with Gasteiger partial charge >= 0.3 is 0 Å². The number of allylic oxidation sites excluding steroid dienone is 4. The van der Waals surface area contributed by atoms with Gasteiger partial charge in [-0.15, -0.1) is 0 Å². The molecule has 1 aliphatic carbocycles. The van der Waals surface area contributed by atoms with Crippen molar-refractivity contribution in [3.05, 3.63) is 77.5 Å². The van der Waals surface area contributed by atoms with E-state index in [1.807, 2.05) is 63.3 Å². The Kier molecular flexibility index (Phi) is 10.6. The Bertz CT molecular complexity index is 1330. The van der Waals surface area contributed by atoms with E-state index >= 15 is 0 Å². The van der Waals surface area contributed by atoms with Crippen LogP contribution in [0.4, 0.5) is 5.69 Å². The summed E-state index contributed by atoms with van der Waals surface area (Å²) in [6, 6.07) is 7.50. The number of nitrogens with two attached hydrogens (primary N) is 1. The van der Waals surface area contributed by atoms with Crippen LogP contribution in [-0.2, 0) is 30.1 Å². The lowest BCUT2D eigenvalue weighted by molar-refractivity contribution is -0.111. The second-order valence-electron chi connectivity index (χ2n) is 10.6. The zero-order valence-electron chi connectivity index (χ0n) is 23.3. The maximum atomic E-state index is 13.5. The summed E-state index contributed by atoms with van der Waals surface area (Å²) in [5.41, 5.74) is 7.88. The summed E-state index contributed by atoms with van der Waals surface area (Å²) in [5.74, 6) is -0.0417. The van der Waals surface area contributed by atoms with Crippen LogP contribution in [0, 0.1) is 0 Å². The molecular weight excluding hydrogens is 530 g/mol. The average Bonchev–Trinajstić information content (AvgIpc) is 2.87. The molecule has 1 heterocycles. The molecule has 2 atom stereocenters. The molecule has 3 rings (SSSR count). The Balaban J connectivity index is 1.64. The number of sulfonamides is 1. The Labute approximate surface area is 236 Å². The zero-order valence-corrected chi connectivity index (χ0v) is 24.1. The molecule has 10 nitrogen and oxygen atoms in total. The van der Waals surface area contributed by atoms with E-state index in [1.54, 1.807) is 4.31 Å². The molecule has 40 heavy (non-hydrogen) atoms. The van der Waals surface area contributed by atoms with E-state index in [0.29, 0.717) is 37.7 Å². The van der Waals surface area contributed by atoms with Gasteiger partial charge in [0.2, 0.25) is 10.0 Å². The predicted molar refractivity (Wildman–Crippen MR) is 158 cm³/mol. The number of nitrogens with one attached hydrogen (secondary N) is 2. The average molecular weight is 570 g/mol. The third-order valence-electron chi connectivity index (χ3n) is 6.62. The Hall–Kier alpha value is -3.54. The van der Waals surface area contributed by atoms with Gasteiger partial charge in [0.25, 0.3) is 0 Å². The first-order valence-corrected chi connectivity index (χ1v) is 14.8. The summed E-state index contributed by atoms with van der Waals surface area (Å²) in [7, 11) is -3.55. The van der Waals surface area contributed by atoms with Crippen LogP contribution in [0.3, 0.4) is 0 Å². The van der Waals surface area contributed by atoms with Crippen LogP contribution >= 0.6 is 0 Å². The second-order valence-corrected chi connectivity index (χ2v) is 12.5. The quantitative estimate of drug-likeness (QED) is 0.142. The molecule has 1 aromatic rings. The molecule has 11 heteroatoms. The summed E-state index contributed by atoms with van der Waals surface area (Å²) in [5, 5.41) is 6.77. The van der Waals surface area contributed by atoms with E-state index in [0.717, 1.165) is 23.4 Å². The number of nitrogens with zero attached hydrogens (tertiary/aromatic N) is 2. The highest BCUT2D eigenvalue weighted by Crippen LogP contribution is 2.32. The van der Waals surface area contributed by atoms with Crippen molar-refractivity contribution >= 4 is 34.5 Å². The van der Waals surface area contributed by atoms with E-state index in [-0.39, 0.29) is 35.9 Å². The van der Waals surface area contributed by atoms with Crippen LogP contribution in [0.1, 0.15) is 45.6 Å². The molecule has 0 aromatic heterocycles. The first kappa shape index (κ1) is 31.0. The molecule has 2 aliphatic rings. The highest BCUT2D eigenvalue weighted by molar-refractivity contribution is 7.88. The maximum Gasteiger partial charge on any atom is 0.218 e. The number of anilines is 1. The molecule has 1 saturated heterocycles. The number of aliphatic imine (C=N–C) groups is 1. The fraction of sp³-hybridized carbons (Fsp3) is 0.414. The van der Waals surface area contributed by atoms with Crippen LogP contribution in [0.5, 0.6) is 0 Å². The number of rotatable bonds is 13. The SMILES string of the molecule is C=C(C)Nc1cccc(CS(=O)(=O)N2CCC(NC3C=C(N=C/C(OCC=O)=C(\N)C=O)C=CC3)CC2(C)C)c1. The van der Waals surface area contributed by atoms with E-state index < -0.39 is 15.6 Å². The third kappa shape index (κ3) is 8.73. The Morgan fingerprint density at radius 2 is 2.10 bits per heavy atom. The van der Waals surface area contributed by atoms with Crippen molar-refractivity contribution in [1.82, 2.24) is 9.62 Å². The highest BCUT2D eigenvalue weighted by Gasteiger charge is 2.41. The van der Waals surface area contributed by atoms with E-state index in [9.17, 15) is 18.0 Å². The standard InChI is InChI=1S/C29H39N5O5S/c1-21(2)32-24-9-5-7-22(15-24)20-40(37,38)34-12-11-26(17-29(34,3)4)33-25-10-6-8-23(16-25)31-18-28(27(30)19-36)39-14-13-35/h5-9,13,15-16,18-19,25-26,32-33H,1,10-12,14,17,20,30H2,2-4H3/b28-27+,31-18?. The van der Waals surface area contributed by atoms with Gasteiger partial charge in [0, 0.05) is 35.6 Å². The molecule has 1 fully saturated rings. The fourth-order valence-electron chi connectivity index (χ4n) is 4.99. The number of ether oxygens (including phenoxy) is 1. The lowest BCUT2D eigenvalue weighted by atomic mass is 9.88. The van der Waals surface area contributed by atoms with Crippen molar-refractivity contribution in [2.75, 3.05) is 18.5 Å². The van der Waals surface area contributed by atoms with Gasteiger partial charge in [-0.2, -0.15) is 4.31 Å². The molecular formula is C29H39N5O5S. The lowest BCUT2D eigenvalue weighted by Gasteiger charge is -2.45. The van der Waals surface area contributed by atoms with Crippen molar-refractivity contribution in [1.29, 1.82) is 0 Å². The first-order chi connectivity index (χ1) is 18.9. The molecule has 0 spiro atoms. The maximum absolute atomic E-state index is 13.5. The number of carbonyl (C=O) groups excluding carboxylic acids is 2. The molecule has 1 aliphatic heterocycles. The third-order valence-corrected chi connectivity index (χ3v) is 8.67. The van der Waals surface area contributed by atoms with Gasteiger partial charge in [0.15, 0.2) is 18.3 Å². The van der Waals surface area contributed by atoms with Gasteiger partial charge < -0.3 is 21.1 Å². The van der Waals surface area contributed by atoms with Crippen LogP contribution in [0.2, 0.25) is 0 Å². The number of benzene rings is 1. The van der Waals surface area contributed by atoms with E-state index in [4.69, 9.17) is 10.5 Å². The van der Waals surface area contributed by atoms with Crippen LogP contribution < -0.4 is 16.4 Å². The molecule has 1 aromatic carbocycles. The zero-order chi connectivity index (χ0) is 29.3. The van der Waals surface area contributed by atoms with Gasteiger partial charge in [-0.3, -0.25) is 14.6 Å². The second kappa shape index (κ2) is 13.7. The summed E-state index contributed by atoms with van der Waals surface area (Å²) < 4.78 is 33.8. The Morgan fingerprint density at radius 1 is 1.32 bits per heavy atom. The summed E-state index contributed by atoms with van der Waals surface area (Å²) in [4.78, 5) is 26.0. The molecule has 0 bridgehead atoms. The number of hydrogen-bond donors (Lipinski definition) is 3. The molecule has 0 radical (unpaired) electrons. The summed E-state index contributed by atoms with van der Waals surface area (Å²) in [6.07, 6.45) is 10.2. The molecule has 2 unspecified atom stereocenters. The minimum atomic E-state index is -3.55. The van der Waals surface area contributed by atoms with Crippen LogP contribution in [0.15, 0.2) is 76.9 Å². The van der Waals surface area contributed by atoms with Gasteiger partial charge in [-0.1, -0.05) is 24.8 Å². The molecule has 0 saturated carbocycles. The fourth-order valence-corrected chi connectivity index (χ4v) is 6.96. The minimum Gasteiger partial charge on any atom is -0.482 e. The number of aldehydes is 2. The van der Waals surface area contributed by atoms with Crippen molar-refractivity contribution < 1.29 is 22.7 Å². The Morgan fingerprint density at radius 3 is 2.77 bits per heavy atom. The predicted octanol–water partition coefficient (Wildman–Crippen LogP) is 3.16. The number of piperidine rings is 1. The summed E-state index contributed by atoms with van der Waals surface area (Å²) in [6.45, 7) is 9.81. The summed E-state index contributed by atoms with van der Waals surface area (Å²) >= 11 is 0. The normalized spacial score (nSPS) is 21.8. The van der Waals surface area contributed by atoms with Crippen molar-refractivity contribution in [3.63, 3.8) is 0 Å². The van der Waals surface area contributed by atoms with Crippen LogP contribution in [-0.4, -0.2) is 62.3 Å². The minimum absolute atomic E-state index is 0.00333.